The Kier molecular flexibility index (Phi) is 3.06. The molecule has 1 fully saturated rings. The van der Waals surface area contributed by atoms with Gasteiger partial charge in [0.1, 0.15) is 17.2 Å². The molecule has 1 aromatic rings. The quantitative estimate of drug-likeness (QED) is 0.789. The molecule has 0 aliphatic carbocycles. The predicted molar refractivity (Wildman–Crippen MR) is 75.1 cm³/mol. The average molecular weight is 282 g/mol. The lowest BCUT2D eigenvalue weighted by molar-refractivity contribution is -0.0257. The molecule has 104 valence electrons. The number of hydrogen-bond acceptors (Lipinski definition) is 3. The molecule has 0 bridgehead atoms. The fourth-order valence-corrected chi connectivity index (χ4v) is 4.70. The van der Waals surface area contributed by atoms with Gasteiger partial charge in [0.25, 0.3) is 0 Å². The Morgan fingerprint density at radius 2 is 2.16 bits per heavy atom. The zero-order valence-corrected chi connectivity index (χ0v) is 12.1. The van der Waals surface area contributed by atoms with Crippen molar-refractivity contribution in [2.45, 2.75) is 38.4 Å². The summed E-state index contributed by atoms with van der Waals surface area (Å²) in [4.78, 5) is 0. The molecule has 2 aliphatic rings. The molecule has 4 heteroatoms. The SMILES string of the molecule is CC1(C)CSCC2(C[C@H](O)c3ccc(F)cc3O2)C1. The summed E-state index contributed by atoms with van der Waals surface area (Å²) in [5.41, 5.74) is 0.542. The van der Waals surface area contributed by atoms with Gasteiger partial charge in [-0.15, -0.1) is 0 Å². The lowest BCUT2D eigenvalue weighted by atomic mass is 9.77. The fraction of sp³-hybridized carbons (Fsp3) is 0.600. The predicted octanol–water partition coefficient (Wildman–Crippen LogP) is 3.54. The Morgan fingerprint density at radius 3 is 2.89 bits per heavy atom. The standard InChI is InChI=1S/C15H19FO2S/c1-14(2)7-15(9-19-8-14)6-12(17)11-4-3-10(16)5-13(11)18-15/h3-5,12,17H,6-9H2,1-2H3/t12-,15?/m0/s1. The Labute approximate surface area is 117 Å². The number of benzene rings is 1. The summed E-state index contributed by atoms with van der Waals surface area (Å²) in [5.74, 6) is 2.16. The number of fused-ring (bicyclic) bond motifs is 1. The first kappa shape index (κ1) is 13.3. The molecule has 19 heavy (non-hydrogen) atoms. The van der Waals surface area contributed by atoms with E-state index in [0.29, 0.717) is 17.7 Å². The van der Waals surface area contributed by atoms with Gasteiger partial charge in [0.2, 0.25) is 0 Å². The van der Waals surface area contributed by atoms with Crippen LogP contribution in [-0.4, -0.2) is 22.2 Å². The van der Waals surface area contributed by atoms with E-state index < -0.39 is 6.10 Å². The maximum atomic E-state index is 13.4. The molecule has 2 nitrogen and oxygen atoms in total. The molecule has 1 N–H and O–H groups in total. The molecule has 1 saturated heterocycles. The first-order valence-electron chi connectivity index (χ1n) is 6.64. The highest BCUT2D eigenvalue weighted by Crippen LogP contribution is 2.49. The second-order valence-corrected chi connectivity index (χ2v) is 7.51. The van der Waals surface area contributed by atoms with E-state index in [2.05, 4.69) is 13.8 Å². The molecule has 0 radical (unpaired) electrons. The molecular weight excluding hydrogens is 263 g/mol. The Balaban J connectivity index is 1.95. The number of hydrogen-bond donors (Lipinski definition) is 1. The monoisotopic (exact) mass is 282 g/mol. The lowest BCUT2D eigenvalue weighted by Crippen LogP contribution is -2.50. The van der Waals surface area contributed by atoms with E-state index in [-0.39, 0.29) is 16.8 Å². The van der Waals surface area contributed by atoms with Crippen LogP contribution in [0, 0.1) is 11.2 Å². The Bertz CT molecular complexity index is 503. The van der Waals surface area contributed by atoms with Crippen molar-refractivity contribution < 1.29 is 14.2 Å². The number of halogens is 1. The van der Waals surface area contributed by atoms with Gasteiger partial charge in [0.15, 0.2) is 0 Å². The van der Waals surface area contributed by atoms with Gasteiger partial charge in [-0.25, -0.2) is 4.39 Å². The van der Waals surface area contributed by atoms with Gasteiger partial charge in [-0.2, -0.15) is 11.8 Å². The lowest BCUT2D eigenvalue weighted by Gasteiger charge is -2.48. The van der Waals surface area contributed by atoms with E-state index in [0.717, 1.165) is 17.9 Å². The number of ether oxygens (including phenoxy) is 1. The van der Waals surface area contributed by atoms with Gasteiger partial charge in [-0.05, 0) is 29.7 Å². The zero-order valence-electron chi connectivity index (χ0n) is 11.3. The van der Waals surface area contributed by atoms with E-state index in [1.807, 2.05) is 11.8 Å². The van der Waals surface area contributed by atoms with Crippen LogP contribution < -0.4 is 4.74 Å². The largest absolute Gasteiger partial charge is 0.486 e. The summed E-state index contributed by atoms with van der Waals surface area (Å²) in [6, 6.07) is 4.40. The van der Waals surface area contributed by atoms with Crippen molar-refractivity contribution in [3.63, 3.8) is 0 Å². The normalized spacial score (nSPS) is 32.7. The minimum Gasteiger partial charge on any atom is -0.486 e. The number of aliphatic hydroxyl groups excluding tert-OH is 1. The van der Waals surface area contributed by atoms with Crippen LogP contribution in [-0.2, 0) is 0 Å². The molecule has 2 aliphatic heterocycles. The summed E-state index contributed by atoms with van der Waals surface area (Å²) in [6.45, 7) is 4.44. The molecule has 0 saturated carbocycles. The highest BCUT2D eigenvalue weighted by molar-refractivity contribution is 7.99. The number of thioether (sulfide) groups is 1. The van der Waals surface area contributed by atoms with Crippen LogP contribution in [0.2, 0.25) is 0 Å². The molecular formula is C15H19FO2S. The van der Waals surface area contributed by atoms with E-state index in [9.17, 15) is 9.50 Å². The van der Waals surface area contributed by atoms with E-state index >= 15 is 0 Å². The zero-order chi connectivity index (χ0) is 13.7. The minimum absolute atomic E-state index is 0.188. The third-order valence-corrected chi connectivity index (χ3v) is 5.60. The number of aliphatic hydroxyl groups is 1. The van der Waals surface area contributed by atoms with Gasteiger partial charge in [-0.3, -0.25) is 0 Å². The van der Waals surface area contributed by atoms with Crippen molar-refractivity contribution in [1.29, 1.82) is 0 Å². The Morgan fingerprint density at radius 1 is 1.37 bits per heavy atom. The smallest absolute Gasteiger partial charge is 0.128 e. The summed E-state index contributed by atoms with van der Waals surface area (Å²) >= 11 is 1.86. The van der Waals surface area contributed by atoms with Crippen molar-refractivity contribution in [1.82, 2.24) is 0 Å². The molecule has 1 unspecified atom stereocenters. The highest BCUT2D eigenvalue weighted by Gasteiger charge is 2.46. The third kappa shape index (κ3) is 2.48. The maximum absolute atomic E-state index is 13.4. The van der Waals surface area contributed by atoms with Gasteiger partial charge >= 0.3 is 0 Å². The van der Waals surface area contributed by atoms with Crippen LogP contribution >= 0.6 is 11.8 Å². The van der Waals surface area contributed by atoms with Gasteiger partial charge in [0, 0.05) is 23.8 Å². The van der Waals surface area contributed by atoms with Crippen LogP contribution in [0.5, 0.6) is 5.75 Å². The van der Waals surface area contributed by atoms with Crippen LogP contribution in [0.25, 0.3) is 0 Å². The fourth-order valence-electron chi connectivity index (χ4n) is 3.29. The highest BCUT2D eigenvalue weighted by atomic mass is 32.2. The van der Waals surface area contributed by atoms with Crippen LogP contribution in [0.4, 0.5) is 4.39 Å². The van der Waals surface area contributed by atoms with Crippen LogP contribution in [0.1, 0.15) is 38.4 Å². The summed E-state index contributed by atoms with van der Waals surface area (Å²) < 4.78 is 19.5. The van der Waals surface area contributed by atoms with E-state index in [1.165, 1.54) is 12.1 Å². The minimum atomic E-state index is -0.557. The molecule has 2 heterocycles. The first-order valence-corrected chi connectivity index (χ1v) is 7.79. The Hall–Kier alpha value is -0.740. The second kappa shape index (κ2) is 4.38. The molecule has 1 spiro atoms. The van der Waals surface area contributed by atoms with Gasteiger partial charge < -0.3 is 9.84 Å². The first-order chi connectivity index (χ1) is 8.89. The maximum Gasteiger partial charge on any atom is 0.128 e. The summed E-state index contributed by atoms with van der Waals surface area (Å²) in [6.07, 6.45) is 0.945. The van der Waals surface area contributed by atoms with Crippen molar-refractivity contribution in [3.05, 3.63) is 29.6 Å². The van der Waals surface area contributed by atoms with Crippen LogP contribution in [0.15, 0.2) is 18.2 Å². The second-order valence-electron chi connectivity index (χ2n) is 6.52. The van der Waals surface area contributed by atoms with Crippen molar-refractivity contribution in [2.75, 3.05) is 11.5 Å². The van der Waals surface area contributed by atoms with Gasteiger partial charge in [-0.1, -0.05) is 13.8 Å². The van der Waals surface area contributed by atoms with Crippen molar-refractivity contribution in [2.24, 2.45) is 5.41 Å². The van der Waals surface area contributed by atoms with Crippen LogP contribution in [0.3, 0.4) is 0 Å². The average Bonchev–Trinajstić information content (AvgIpc) is 2.25. The number of rotatable bonds is 0. The van der Waals surface area contributed by atoms with E-state index in [1.54, 1.807) is 6.07 Å². The topological polar surface area (TPSA) is 29.5 Å². The van der Waals surface area contributed by atoms with Crippen molar-refractivity contribution in [3.8, 4) is 5.75 Å². The molecule has 0 amide bonds. The molecule has 1 aromatic carbocycles. The van der Waals surface area contributed by atoms with Gasteiger partial charge in [0.05, 0.1) is 6.10 Å². The molecule has 3 rings (SSSR count). The van der Waals surface area contributed by atoms with E-state index in [4.69, 9.17) is 4.74 Å². The summed E-state index contributed by atoms with van der Waals surface area (Å²) in [5, 5.41) is 10.3. The molecule has 0 aromatic heterocycles. The molecule has 2 atom stereocenters. The third-order valence-electron chi connectivity index (χ3n) is 3.89. The summed E-state index contributed by atoms with van der Waals surface area (Å²) in [7, 11) is 0. The van der Waals surface area contributed by atoms with Crippen molar-refractivity contribution >= 4 is 11.8 Å².